The SMILES string of the molecule is CC(C)(C)CC1CCc2[nH]nc(C(=O)N/N=C/c3cccc(O)c3)c2C1. The lowest BCUT2D eigenvalue weighted by atomic mass is 9.76. The summed E-state index contributed by atoms with van der Waals surface area (Å²) in [5.41, 5.74) is 6.05. The number of aromatic amines is 1. The topological polar surface area (TPSA) is 90.4 Å². The van der Waals surface area contributed by atoms with Crippen LogP contribution in [0.1, 0.15) is 60.9 Å². The van der Waals surface area contributed by atoms with Gasteiger partial charge >= 0.3 is 0 Å². The molecule has 6 nitrogen and oxygen atoms in total. The van der Waals surface area contributed by atoms with Crippen molar-refractivity contribution < 1.29 is 9.90 Å². The zero-order chi connectivity index (χ0) is 18.7. The molecule has 0 radical (unpaired) electrons. The van der Waals surface area contributed by atoms with Gasteiger partial charge in [-0.2, -0.15) is 10.2 Å². The van der Waals surface area contributed by atoms with Crippen LogP contribution in [0.2, 0.25) is 0 Å². The number of aryl methyl sites for hydroxylation is 1. The van der Waals surface area contributed by atoms with Crippen molar-refractivity contribution in [2.45, 2.75) is 46.5 Å². The number of aromatic nitrogens is 2. The zero-order valence-electron chi connectivity index (χ0n) is 15.5. The van der Waals surface area contributed by atoms with Crippen LogP contribution in [0.25, 0.3) is 0 Å². The maximum atomic E-state index is 12.5. The van der Waals surface area contributed by atoms with E-state index in [1.54, 1.807) is 24.3 Å². The Bertz CT molecular complexity index is 817. The summed E-state index contributed by atoms with van der Waals surface area (Å²) in [5, 5.41) is 20.7. The van der Waals surface area contributed by atoms with Crippen molar-refractivity contribution in [2.24, 2.45) is 16.4 Å². The summed E-state index contributed by atoms with van der Waals surface area (Å²) in [4.78, 5) is 12.5. The molecule has 3 N–H and O–H groups in total. The highest BCUT2D eigenvalue weighted by Crippen LogP contribution is 2.34. The molecule has 3 rings (SSSR count). The molecule has 0 spiro atoms. The normalized spacial score (nSPS) is 17.3. The largest absolute Gasteiger partial charge is 0.508 e. The van der Waals surface area contributed by atoms with Crippen molar-refractivity contribution >= 4 is 12.1 Å². The van der Waals surface area contributed by atoms with Crippen LogP contribution in [0.15, 0.2) is 29.4 Å². The van der Waals surface area contributed by atoms with Crippen LogP contribution < -0.4 is 5.43 Å². The third kappa shape index (κ3) is 4.50. The fraction of sp³-hybridized carbons (Fsp3) is 0.450. The van der Waals surface area contributed by atoms with Gasteiger partial charge in [0.15, 0.2) is 5.69 Å². The van der Waals surface area contributed by atoms with Gasteiger partial charge in [-0.3, -0.25) is 9.89 Å². The van der Waals surface area contributed by atoms with Crippen molar-refractivity contribution in [1.82, 2.24) is 15.6 Å². The number of nitrogens with zero attached hydrogens (tertiary/aromatic N) is 2. The second kappa shape index (κ2) is 7.32. The molecule has 1 aliphatic rings. The van der Waals surface area contributed by atoms with E-state index in [1.807, 2.05) is 0 Å². The van der Waals surface area contributed by atoms with Crippen molar-refractivity contribution in [3.05, 3.63) is 46.8 Å². The molecule has 138 valence electrons. The second-order valence-electron chi connectivity index (χ2n) is 8.20. The Balaban J connectivity index is 1.67. The lowest BCUT2D eigenvalue weighted by molar-refractivity contribution is 0.0948. The first kappa shape index (κ1) is 18.2. The van der Waals surface area contributed by atoms with Crippen LogP contribution in [0, 0.1) is 11.3 Å². The summed E-state index contributed by atoms with van der Waals surface area (Å²) in [6.07, 6.45) is 5.57. The van der Waals surface area contributed by atoms with Gasteiger partial charge < -0.3 is 5.11 Å². The van der Waals surface area contributed by atoms with Gasteiger partial charge in [0, 0.05) is 11.3 Å². The van der Waals surface area contributed by atoms with Crippen LogP contribution in [-0.4, -0.2) is 27.4 Å². The number of phenols is 1. The van der Waals surface area contributed by atoms with E-state index in [0.29, 0.717) is 17.2 Å². The fourth-order valence-corrected chi connectivity index (χ4v) is 3.62. The van der Waals surface area contributed by atoms with Gasteiger partial charge in [-0.1, -0.05) is 32.9 Å². The smallest absolute Gasteiger partial charge is 0.292 e. The standard InChI is InChI=1S/C20H26N4O2/c1-20(2,3)11-13-7-8-17-16(10-13)18(23-22-17)19(26)24-21-12-14-5-4-6-15(25)9-14/h4-6,9,12-13,25H,7-8,10-11H2,1-3H3,(H,22,23)(H,24,26)/b21-12+. The number of phenolic OH excluding ortho intramolecular Hbond substituents is 1. The molecule has 26 heavy (non-hydrogen) atoms. The Morgan fingerprint density at radius 1 is 1.46 bits per heavy atom. The Kier molecular flexibility index (Phi) is 5.11. The number of carbonyl (C=O) groups is 1. The average molecular weight is 354 g/mol. The van der Waals surface area contributed by atoms with Crippen LogP contribution in [0.5, 0.6) is 5.75 Å². The third-order valence-electron chi connectivity index (χ3n) is 4.61. The van der Waals surface area contributed by atoms with Crippen molar-refractivity contribution in [3.8, 4) is 5.75 Å². The van der Waals surface area contributed by atoms with Crippen molar-refractivity contribution in [1.29, 1.82) is 0 Å². The Morgan fingerprint density at radius 3 is 3.00 bits per heavy atom. The highest BCUT2D eigenvalue weighted by molar-refractivity contribution is 5.94. The molecule has 0 aliphatic heterocycles. The molecule has 1 atom stereocenters. The van der Waals surface area contributed by atoms with E-state index in [-0.39, 0.29) is 17.1 Å². The Morgan fingerprint density at radius 2 is 2.27 bits per heavy atom. The van der Waals surface area contributed by atoms with Gasteiger partial charge in [-0.15, -0.1) is 0 Å². The molecular formula is C20H26N4O2. The first-order valence-electron chi connectivity index (χ1n) is 9.00. The number of rotatable bonds is 4. The molecule has 0 saturated heterocycles. The number of hydrazone groups is 1. The lowest BCUT2D eigenvalue weighted by Gasteiger charge is -2.28. The molecule has 0 fully saturated rings. The molecule has 0 saturated carbocycles. The maximum Gasteiger partial charge on any atom is 0.292 e. The Labute approximate surface area is 153 Å². The first-order valence-corrected chi connectivity index (χ1v) is 9.00. The molecule has 6 heteroatoms. The number of aromatic hydroxyl groups is 1. The van der Waals surface area contributed by atoms with Gasteiger partial charge in [-0.25, -0.2) is 5.43 Å². The van der Waals surface area contributed by atoms with E-state index < -0.39 is 0 Å². The van der Waals surface area contributed by atoms with E-state index in [4.69, 9.17) is 0 Å². The summed E-state index contributed by atoms with van der Waals surface area (Å²) in [6.45, 7) is 6.75. The molecule has 1 unspecified atom stereocenters. The van der Waals surface area contributed by atoms with Crippen LogP contribution in [0.4, 0.5) is 0 Å². The zero-order valence-corrected chi connectivity index (χ0v) is 15.5. The van der Waals surface area contributed by atoms with E-state index in [1.165, 1.54) is 6.21 Å². The van der Waals surface area contributed by atoms with Gasteiger partial charge in [0.25, 0.3) is 5.91 Å². The second-order valence-corrected chi connectivity index (χ2v) is 8.20. The van der Waals surface area contributed by atoms with E-state index in [0.717, 1.165) is 36.9 Å². The molecule has 1 amide bonds. The average Bonchev–Trinajstić information content (AvgIpc) is 2.96. The van der Waals surface area contributed by atoms with Gasteiger partial charge in [-0.05, 0) is 54.7 Å². The van der Waals surface area contributed by atoms with Crippen LogP contribution in [0.3, 0.4) is 0 Å². The van der Waals surface area contributed by atoms with Gasteiger partial charge in [0.05, 0.1) is 6.21 Å². The van der Waals surface area contributed by atoms with Crippen LogP contribution in [-0.2, 0) is 12.8 Å². The molecule has 2 aromatic rings. The van der Waals surface area contributed by atoms with Gasteiger partial charge in [0.2, 0.25) is 0 Å². The van der Waals surface area contributed by atoms with E-state index in [2.05, 4.69) is 41.5 Å². The number of amides is 1. The number of H-pyrrole nitrogens is 1. The third-order valence-corrected chi connectivity index (χ3v) is 4.61. The molecular weight excluding hydrogens is 328 g/mol. The monoisotopic (exact) mass is 354 g/mol. The molecule has 1 heterocycles. The number of benzene rings is 1. The number of hydrogen-bond acceptors (Lipinski definition) is 4. The molecule has 1 aromatic heterocycles. The molecule has 0 bridgehead atoms. The minimum Gasteiger partial charge on any atom is -0.508 e. The summed E-state index contributed by atoms with van der Waals surface area (Å²) in [7, 11) is 0. The molecule has 1 aliphatic carbocycles. The van der Waals surface area contributed by atoms with E-state index in [9.17, 15) is 9.90 Å². The van der Waals surface area contributed by atoms with Crippen molar-refractivity contribution in [3.63, 3.8) is 0 Å². The summed E-state index contributed by atoms with van der Waals surface area (Å²) in [6, 6.07) is 6.67. The number of carbonyl (C=O) groups excluding carboxylic acids is 1. The quantitative estimate of drug-likeness (QED) is 0.580. The number of nitrogens with one attached hydrogen (secondary N) is 2. The fourth-order valence-electron chi connectivity index (χ4n) is 3.62. The maximum absolute atomic E-state index is 12.5. The number of hydrogen-bond donors (Lipinski definition) is 3. The highest BCUT2D eigenvalue weighted by atomic mass is 16.3. The summed E-state index contributed by atoms with van der Waals surface area (Å²) < 4.78 is 0. The summed E-state index contributed by atoms with van der Waals surface area (Å²) >= 11 is 0. The van der Waals surface area contributed by atoms with Crippen molar-refractivity contribution in [2.75, 3.05) is 0 Å². The predicted molar refractivity (Wildman–Crippen MR) is 101 cm³/mol. The van der Waals surface area contributed by atoms with Crippen LogP contribution >= 0.6 is 0 Å². The van der Waals surface area contributed by atoms with Gasteiger partial charge in [0.1, 0.15) is 5.75 Å². The molecule has 1 aromatic carbocycles. The first-order chi connectivity index (χ1) is 12.3. The minimum absolute atomic E-state index is 0.159. The predicted octanol–water partition coefficient (Wildman–Crippen LogP) is 3.42. The lowest BCUT2D eigenvalue weighted by Crippen LogP contribution is -2.24. The Hall–Kier alpha value is -2.63. The summed E-state index contributed by atoms with van der Waals surface area (Å²) in [5.74, 6) is 0.421. The van der Waals surface area contributed by atoms with E-state index >= 15 is 0 Å². The highest BCUT2D eigenvalue weighted by Gasteiger charge is 2.28. The minimum atomic E-state index is -0.310. The number of fused-ring (bicyclic) bond motifs is 1.